The third kappa shape index (κ3) is 3.43. The second kappa shape index (κ2) is 5.06. The van der Waals surface area contributed by atoms with Crippen LogP contribution in [0.2, 0.25) is 0 Å². The summed E-state index contributed by atoms with van der Waals surface area (Å²) < 4.78 is 48.9. The van der Waals surface area contributed by atoms with E-state index >= 15 is 0 Å². The zero-order valence-electron chi connectivity index (χ0n) is 10.1. The molecule has 0 spiro atoms. The molecule has 1 aliphatic rings. The average Bonchev–Trinajstić information content (AvgIpc) is 2.67. The zero-order valence-corrected chi connectivity index (χ0v) is 11.7. The van der Waals surface area contributed by atoms with Crippen molar-refractivity contribution < 1.29 is 16.8 Å². The van der Waals surface area contributed by atoms with Gasteiger partial charge in [0.15, 0.2) is 9.84 Å². The van der Waals surface area contributed by atoms with Crippen molar-refractivity contribution in [2.24, 2.45) is 5.92 Å². The number of rotatable bonds is 4. The van der Waals surface area contributed by atoms with Crippen LogP contribution in [0, 0.1) is 5.92 Å². The lowest BCUT2D eigenvalue weighted by molar-refractivity contribution is 0.543. The first-order valence-corrected chi connectivity index (χ1v) is 9.01. The molecule has 0 radical (unpaired) electrons. The van der Waals surface area contributed by atoms with Crippen molar-refractivity contribution in [2.75, 3.05) is 23.8 Å². The highest BCUT2D eigenvalue weighted by atomic mass is 32.2. The Morgan fingerprint density at radius 3 is 2.79 bits per heavy atom. The molecule has 9 heteroatoms. The van der Waals surface area contributed by atoms with Gasteiger partial charge in [-0.1, -0.05) is 0 Å². The molecule has 2 heterocycles. The lowest BCUT2D eigenvalue weighted by Gasteiger charge is -2.11. The molecule has 1 aliphatic heterocycles. The van der Waals surface area contributed by atoms with Crippen LogP contribution in [-0.2, 0) is 19.9 Å². The van der Waals surface area contributed by atoms with Gasteiger partial charge in [-0.05, 0) is 24.5 Å². The van der Waals surface area contributed by atoms with E-state index in [2.05, 4.69) is 9.71 Å². The number of hydrogen-bond acceptors (Lipinski definition) is 6. The topological polar surface area (TPSA) is 119 Å². The van der Waals surface area contributed by atoms with Gasteiger partial charge in [0.1, 0.15) is 10.7 Å². The third-order valence-electron chi connectivity index (χ3n) is 2.98. The minimum atomic E-state index is -3.75. The number of anilines is 1. The van der Waals surface area contributed by atoms with Crippen molar-refractivity contribution in [3.8, 4) is 0 Å². The Kier molecular flexibility index (Phi) is 3.79. The maximum Gasteiger partial charge on any atom is 0.244 e. The van der Waals surface area contributed by atoms with Crippen molar-refractivity contribution in [3.63, 3.8) is 0 Å². The number of pyridine rings is 1. The molecule has 0 bridgehead atoms. The molecule has 0 aromatic carbocycles. The van der Waals surface area contributed by atoms with Gasteiger partial charge >= 0.3 is 0 Å². The molecule has 1 saturated heterocycles. The summed E-state index contributed by atoms with van der Waals surface area (Å²) in [6.07, 6.45) is 1.88. The minimum Gasteiger partial charge on any atom is -0.383 e. The van der Waals surface area contributed by atoms with E-state index in [1.807, 2.05) is 0 Å². The standard InChI is InChI=1S/C10H15N3O4S2/c11-10-9(2-1-4-12-10)19(16,17)13-6-8-3-5-18(14,15)7-8/h1-2,4,8,13H,3,5-7H2,(H2,11,12). The molecule has 1 aromatic rings. The number of sulfone groups is 1. The van der Waals surface area contributed by atoms with E-state index in [0.717, 1.165) is 0 Å². The van der Waals surface area contributed by atoms with Gasteiger partial charge in [0.25, 0.3) is 0 Å². The number of nitrogen functional groups attached to an aromatic ring is 1. The smallest absolute Gasteiger partial charge is 0.244 e. The number of nitrogens with one attached hydrogen (secondary N) is 1. The minimum absolute atomic E-state index is 0.0258. The number of hydrogen-bond donors (Lipinski definition) is 2. The maximum atomic E-state index is 12.0. The second-order valence-electron chi connectivity index (χ2n) is 4.51. The maximum absolute atomic E-state index is 12.0. The Labute approximate surface area is 112 Å². The highest BCUT2D eigenvalue weighted by Gasteiger charge is 2.29. The third-order valence-corrected chi connectivity index (χ3v) is 6.29. The van der Waals surface area contributed by atoms with E-state index in [1.54, 1.807) is 0 Å². The van der Waals surface area contributed by atoms with Crippen LogP contribution < -0.4 is 10.5 Å². The summed E-state index contributed by atoms with van der Waals surface area (Å²) in [5, 5.41) is 0. The summed E-state index contributed by atoms with van der Waals surface area (Å²) in [6.45, 7) is 0.0932. The van der Waals surface area contributed by atoms with Crippen molar-refractivity contribution in [2.45, 2.75) is 11.3 Å². The van der Waals surface area contributed by atoms with E-state index in [4.69, 9.17) is 5.73 Å². The van der Waals surface area contributed by atoms with Crippen LogP contribution in [-0.4, -0.2) is 39.9 Å². The Morgan fingerprint density at radius 2 is 2.21 bits per heavy atom. The molecule has 0 aliphatic carbocycles. The number of aromatic nitrogens is 1. The van der Waals surface area contributed by atoms with E-state index in [-0.39, 0.29) is 34.7 Å². The molecule has 2 rings (SSSR count). The molecule has 0 saturated carbocycles. The van der Waals surface area contributed by atoms with Crippen molar-refractivity contribution in [1.82, 2.24) is 9.71 Å². The van der Waals surface area contributed by atoms with E-state index in [0.29, 0.717) is 6.42 Å². The first-order valence-electron chi connectivity index (χ1n) is 5.71. The van der Waals surface area contributed by atoms with Gasteiger partial charge < -0.3 is 5.73 Å². The van der Waals surface area contributed by atoms with E-state index in [1.165, 1.54) is 18.3 Å². The molecule has 1 aromatic heterocycles. The molecular weight excluding hydrogens is 290 g/mol. The average molecular weight is 305 g/mol. The summed E-state index contributed by atoms with van der Waals surface area (Å²) in [7, 11) is -6.76. The largest absolute Gasteiger partial charge is 0.383 e. The van der Waals surface area contributed by atoms with Crippen molar-refractivity contribution in [1.29, 1.82) is 0 Å². The SMILES string of the molecule is Nc1ncccc1S(=O)(=O)NCC1CCS(=O)(=O)C1. The normalized spacial score (nSPS) is 22.4. The fourth-order valence-corrected chi connectivity index (χ4v) is 5.03. The van der Waals surface area contributed by atoms with Gasteiger partial charge in [0.2, 0.25) is 10.0 Å². The molecule has 106 valence electrons. The van der Waals surface area contributed by atoms with Gasteiger partial charge in [-0.15, -0.1) is 0 Å². The Hall–Kier alpha value is -1.19. The van der Waals surface area contributed by atoms with Crippen molar-refractivity contribution >= 4 is 25.7 Å². The summed E-state index contributed by atoms with van der Waals surface area (Å²) >= 11 is 0. The summed E-state index contributed by atoms with van der Waals surface area (Å²) in [4.78, 5) is 3.62. The van der Waals surface area contributed by atoms with Crippen LogP contribution in [0.15, 0.2) is 23.2 Å². The van der Waals surface area contributed by atoms with Gasteiger partial charge in [-0.25, -0.2) is 26.5 Å². The quantitative estimate of drug-likeness (QED) is 0.765. The van der Waals surface area contributed by atoms with Gasteiger partial charge in [-0.2, -0.15) is 0 Å². The second-order valence-corrected chi connectivity index (χ2v) is 8.47. The van der Waals surface area contributed by atoms with Gasteiger partial charge in [0, 0.05) is 12.7 Å². The zero-order chi connectivity index (χ0) is 14.1. The molecule has 1 atom stereocenters. The van der Waals surface area contributed by atoms with Crippen LogP contribution >= 0.6 is 0 Å². The first kappa shape index (κ1) is 14.2. The Balaban J connectivity index is 2.05. The highest BCUT2D eigenvalue weighted by molar-refractivity contribution is 7.91. The monoisotopic (exact) mass is 305 g/mol. The van der Waals surface area contributed by atoms with Crippen LogP contribution in [0.4, 0.5) is 5.82 Å². The molecule has 7 nitrogen and oxygen atoms in total. The molecule has 1 unspecified atom stereocenters. The number of nitrogens with zero attached hydrogens (tertiary/aromatic N) is 1. The van der Waals surface area contributed by atoms with Crippen LogP contribution in [0.25, 0.3) is 0 Å². The molecular formula is C10H15N3O4S2. The summed E-state index contributed by atoms with van der Waals surface area (Å²) in [6, 6.07) is 2.83. The fraction of sp³-hybridized carbons (Fsp3) is 0.500. The van der Waals surface area contributed by atoms with Gasteiger partial charge in [-0.3, -0.25) is 0 Å². The lowest BCUT2D eigenvalue weighted by atomic mass is 10.1. The summed E-state index contributed by atoms with van der Waals surface area (Å²) in [5.41, 5.74) is 5.51. The fourth-order valence-electron chi connectivity index (χ4n) is 1.97. The Morgan fingerprint density at radius 1 is 1.47 bits per heavy atom. The van der Waals surface area contributed by atoms with Gasteiger partial charge in [0.05, 0.1) is 11.5 Å². The van der Waals surface area contributed by atoms with Crippen molar-refractivity contribution in [3.05, 3.63) is 18.3 Å². The molecule has 1 fully saturated rings. The van der Waals surface area contributed by atoms with Crippen LogP contribution in [0.5, 0.6) is 0 Å². The number of sulfonamides is 1. The predicted octanol–water partition coefficient (Wildman–Crippen LogP) is -0.623. The van der Waals surface area contributed by atoms with Crippen LogP contribution in [0.3, 0.4) is 0 Å². The Bertz CT molecular complexity index is 670. The summed E-state index contributed by atoms with van der Waals surface area (Å²) in [5.74, 6) is -0.112. The number of nitrogens with two attached hydrogens (primary N) is 1. The van der Waals surface area contributed by atoms with E-state index < -0.39 is 19.9 Å². The molecule has 0 amide bonds. The highest BCUT2D eigenvalue weighted by Crippen LogP contribution is 2.19. The predicted molar refractivity (Wildman–Crippen MR) is 70.6 cm³/mol. The lowest BCUT2D eigenvalue weighted by Crippen LogP contribution is -2.30. The van der Waals surface area contributed by atoms with Crippen LogP contribution in [0.1, 0.15) is 6.42 Å². The molecule has 3 N–H and O–H groups in total. The molecule has 19 heavy (non-hydrogen) atoms. The van der Waals surface area contributed by atoms with E-state index in [9.17, 15) is 16.8 Å². The first-order chi connectivity index (χ1) is 8.80.